The van der Waals surface area contributed by atoms with Gasteiger partial charge < -0.3 is 28.7 Å². The Hall–Kier alpha value is -5.36. The van der Waals surface area contributed by atoms with Crippen LogP contribution in [0.4, 0.5) is 22.7 Å². The summed E-state index contributed by atoms with van der Waals surface area (Å²) in [6, 6.07) is 57.7. The number of aromatic nitrogens is 2. The SMILES string of the molecule is [Ir].[c-]1c2cccc1C1N3[CH-]N(c4ccccc43)C3c4[c-]c(ccc4)C(c4[c-]c(ccc4)C2N2[CH-]N3c3ccccc32)[n+]2[c-]n1c1ccccc12. The minimum absolute atomic E-state index is 0. The molecule has 7 heterocycles. The van der Waals surface area contributed by atoms with Gasteiger partial charge in [-0.1, -0.05) is 48.5 Å². The molecule has 1 radical (unpaired) electrons. The summed E-state index contributed by atoms with van der Waals surface area (Å²) in [6.07, 6.45) is 3.44. The zero-order valence-electron chi connectivity index (χ0n) is 26.6. The van der Waals surface area contributed by atoms with E-state index in [1.165, 1.54) is 0 Å². The zero-order chi connectivity index (χ0) is 31.8. The van der Waals surface area contributed by atoms with Crippen molar-refractivity contribution in [2.45, 2.75) is 24.4 Å². The van der Waals surface area contributed by atoms with E-state index < -0.39 is 0 Å². The van der Waals surface area contributed by atoms with Crippen LogP contribution in [0.15, 0.2) is 127 Å². The van der Waals surface area contributed by atoms with E-state index in [0.29, 0.717) is 0 Å². The topological polar surface area (TPSA) is 21.8 Å². The second kappa shape index (κ2) is 10.3. The summed E-state index contributed by atoms with van der Waals surface area (Å²) >= 11 is 0. The Morgan fingerprint density at radius 3 is 1.58 bits per heavy atom. The molecule has 50 heavy (non-hydrogen) atoms. The van der Waals surface area contributed by atoms with Crippen LogP contribution < -0.4 is 24.2 Å². The maximum atomic E-state index is 4.00. The van der Waals surface area contributed by atoms with E-state index in [2.05, 4.69) is 194 Å². The van der Waals surface area contributed by atoms with Gasteiger partial charge in [-0.15, -0.1) is 40.0 Å². The smallest absolute Gasteiger partial charge is 0.207 e. The van der Waals surface area contributed by atoms with Crippen LogP contribution in [0, 0.1) is 37.9 Å². The predicted octanol–water partition coefficient (Wildman–Crippen LogP) is 7.63. The standard InChI is InChI=1S/C43H27N6.Ir/c1-3-18-36-34(16-1)44-25-46(36)42-32-14-9-13-31(24-32)41-29-11-7-10-28(22-29)40(44)30-12-8-15-33(23-30)43(47-26-45(41)35-17-2-4-19-37(35)47)49-27-48(42)38-20-5-6-21-39(38)49;/h1-21,25,27,40-43H;/q-5;. The first-order valence-corrected chi connectivity index (χ1v) is 16.8. The predicted molar refractivity (Wildman–Crippen MR) is 188 cm³/mol. The van der Waals surface area contributed by atoms with Gasteiger partial charge >= 0.3 is 0 Å². The average molecular weight is 820 g/mol. The first-order chi connectivity index (χ1) is 24.3. The Kier molecular flexibility index (Phi) is 5.88. The van der Waals surface area contributed by atoms with E-state index in [-0.39, 0.29) is 44.5 Å². The Morgan fingerprint density at radius 2 is 0.920 bits per heavy atom. The fourth-order valence-corrected chi connectivity index (χ4v) is 8.80. The molecule has 0 saturated carbocycles. The first-order valence-electron chi connectivity index (χ1n) is 16.8. The van der Waals surface area contributed by atoms with Crippen molar-refractivity contribution in [2.24, 2.45) is 0 Å². The molecule has 4 unspecified atom stereocenters. The molecule has 0 saturated heterocycles. The Labute approximate surface area is 304 Å². The molecule has 7 heteroatoms. The fraction of sp³-hybridized carbons (Fsp3) is 0.0930. The molecule has 0 amide bonds. The molecule has 7 aromatic rings. The second-order valence-electron chi connectivity index (χ2n) is 13.4. The summed E-state index contributed by atoms with van der Waals surface area (Å²) in [7, 11) is 0. The van der Waals surface area contributed by atoms with E-state index in [0.717, 1.165) is 67.2 Å². The molecule has 1 aromatic heterocycles. The maximum Gasteiger partial charge on any atom is 0.207 e. The number of para-hydroxylation sites is 6. The number of rotatable bonds is 0. The average Bonchev–Trinajstić information content (AvgIpc) is 3.82. The number of nitrogens with zero attached hydrogens (tertiary/aromatic N) is 6. The molecule has 0 spiro atoms. The van der Waals surface area contributed by atoms with Crippen LogP contribution in [0.3, 0.4) is 0 Å². The molecule has 6 nitrogen and oxygen atoms in total. The minimum atomic E-state index is -0.267. The van der Waals surface area contributed by atoms with Crippen molar-refractivity contribution in [2.75, 3.05) is 19.6 Å². The number of imidazole rings is 1. The minimum Gasteiger partial charge on any atom is -0.495 e. The van der Waals surface area contributed by atoms with Gasteiger partial charge in [0.05, 0.1) is 12.2 Å². The van der Waals surface area contributed by atoms with Gasteiger partial charge in [0.2, 0.25) is 6.33 Å². The number of hydrogen-bond acceptors (Lipinski definition) is 4. The Balaban J connectivity index is 0.00000300. The van der Waals surface area contributed by atoms with Gasteiger partial charge in [0.25, 0.3) is 0 Å². The van der Waals surface area contributed by atoms with Gasteiger partial charge in [-0.25, -0.2) is 0 Å². The van der Waals surface area contributed by atoms with Crippen molar-refractivity contribution in [1.29, 1.82) is 0 Å². The van der Waals surface area contributed by atoms with Gasteiger partial charge in [-0.2, -0.15) is 79.5 Å². The van der Waals surface area contributed by atoms with Crippen LogP contribution in [0.1, 0.15) is 57.8 Å². The molecule has 0 N–H and O–H groups in total. The van der Waals surface area contributed by atoms with Gasteiger partial charge in [0.1, 0.15) is 6.17 Å². The molecular weight excluding hydrogens is 793 g/mol. The number of anilines is 4. The number of fused-ring (bicyclic) bond motifs is 3. The summed E-state index contributed by atoms with van der Waals surface area (Å²) in [4.78, 5) is 9.71. The van der Waals surface area contributed by atoms with Gasteiger partial charge in [0.15, 0.2) is 0 Å². The number of hydrogen-bond donors (Lipinski definition) is 0. The van der Waals surface area contributed by atoms with E-state index in [9.17, 15) is 0 Å². The van der Waals surface area contributed by atoms with Crippen LogP contribution in [-0.2, 0) is 20.1 Å². The summed E-state index contributed by atoms with van der Waals surface area (Å²) in [5.74, 6) is 0. The molecule has 13 rings (SSSR count). The van der Waals surface area contributed by atoms with Crippen LogP contribution in [0.25, 0.3) is 11.0 Å². The molecule has 6 aliphatic rings. The zero-order valence-corrected chi connectivity index (χ0v) is 29.0. The van der Waals surface area contributed by atoms with Crippen LogP contribution in [-0.4, -0.2) is 4.57 Å². The first kappa shape index (κ1) is 28.5. The third-order valence-corrected chi connectivity index (χ3v) is 10.8. The van der Waals surface area contributed by atoms with E-state index in [1.54, 1.807) is 0 Å². The van der Waals surface area contributed by atoms with Crippen LogP contribution in [0.2, 0.25) is 0 Å². The van der Waals surface area contributed by atoms with Crippen molar-refractivity contribution in [3.8, 4) is 0 Å². The van der Waals surface area contributed by atoms with Crippen LogP contribution in [0.5, 0.6) is 0 Å². The van der Waals surface area contributed by atoms with Crippen molar-refractivity contribution in [1.82, 2.24) is 4.57 Å². The monoisotopic (exact) mass is 820 g/mol. The Bertz CT molecular complexity index is 2510. The van der Waals surface area contributed by atoms with E-state index >= 15 is 0 Å². The molecular formula is C43H27IrN6-5. The molecule has 16 bridgehead atoms. The summed E-state index contributed by atoms with van der Waals surface area (Å²) in [5, 5.41) is 0. The quantitative estimate of drug-likeness (QED) is 0.116. The van der Waals surface area contributed by atoms with Crippen molar-refractivity contribution >= 4 is 33.8 Å². The molecule has 6 aromatic carbocycles. The fourth-order valence-electron chi connectivity index (χ4n) is 8.80. The van der Waals surface area contributed by atoms with E-state index in [1.807, 2.05) is 0 Å². The third kappa shape index (κ3) is 3.69. The van der Waals surface area contributed by atoms with Crippen molar-refractivity contribution < 1.29 is 24.7 Å². The molecule has 0 fully saturated rings. The summed E-state index contributed by atoms with van der Waals surface area (Å²) in [6.45, 7) is 4.60. The summed E-state index contributed by atoms with van der Waals surface area (Å²) in [5.41, 5.74) is 13.2. The second-order valence-corrected chi connectivity index (χ2v) is 13.4. The molecule has 0 aliphatic carbocycles. The largest absolute Gasteiger partial charge is 0.495 e. The maximum absolute atomic E-state index is 4.00. The normalized spacial score (nSPS) is 21.5. The third-order valence-electron chi connectivity index (χ3n) is 10.8. The van der Waals surface area contributed by atoms with Crippen molar-refractivity contribution in [3.05, 3.63) is 199 Å². The molecule has 4 atom stereocenters. The van der Waals surface area contributed by atoms with Gasteiger partial charge in [0, 0.05) is 59.9 Å². The molecule has 243 valence electrons. The van der Waals surface area contributed by atoms with Gasteiger partial charge in [-0.3, -0.25) is 0 Å². The Morgan fingerprint density at radius 1 is 0.460 bits per heavy atom. The van der Waals surface area contributed by atoms with Crippen molar-refractivity contribution in [3.63, 3.8) is 0 Å². The van der Waals surface area contributed by atoms with Crippen LogP contribution >= 0.6 is 0 Å². The van der Waals surface area contributed by atoms with E-state index in [4.69, 9.17) is 0 Å². The summed E-state index contributed by atoms with van der Waals surface area (Å²) < 4.78 is 4.63. The van der Waals surface area contributed by atoms with Gasteiger partial charge in [-0.05, 0) is 24.3 Å². The molecule has 6 aliphatic heterocycles. The number of benzene rings is 6.